The quantitative estimate of drug-likeness (QED) is 0.908. The van der Waals surface area contributed by atoms with Crippen molar-refractivity contribution >= 4 is 21.4 Å². The van der Waals surface area contributed by atoms with Crippen molar-refractivity contribution in [3.8, 4) is 0 Å². The summed E-state index contributed by atoms with van der Waals surface area (Å²) in [6.07, 6.45) is 3.06. The van der Waals surface area contributed by atoms with Crippen LogP contribution in [0.25, 0.3) is 0 Å². The zero-order valence-electron chi connectivity index (χ0n) is 12.3. The van der Waals surface area contributed by atoms with Crippen LogP contribution in [0.2, 0.25) is 0 Å². The van der Waals surface area contributed by atoms with Gasteiger partial charge in [0.05, 0.1) is 4.90 Å². The van der Waals surface area contributed by atoms with Crippen molar-refractivity contribution in [1.29, 1.82) is 0 Å². The lowest BCUT2D eigenvalue weighted by molar-refractivity contribution is 0.417. The Kier molecular flexibility index (Phi) is 5.60. The summed E-state index contributed by atoms with van der Waals surface area (Å²) in [5.74, 6) is 0.627. The summed E-state index contributed by atoms with van der Waals surface area (Å²) in [6, 6.07) is 1.82. The van der Waals surface area contributed by atoms with Gasteiger partial charge < -0.3 is 5.32 Å². The van der Waals surface area contributed by atoms with Crippen LogP contribution in [0.1, 0.15) is 38.0 Å². The van der Waals surface area contributed by atoms with Gasteiger partial charge in [0.1, 0.15) is 0 Å². The Balaban J connectivity index is 2.10. The van der Waals surface area contributed by atoms with E-state index in [1.165, 1.54) is 11.3 Å². The maximum absolute atomic E-state index is 12.6. The Morgan fingerprint density at radius 2 is 2.20 bits per heavy atom. The lowest BCUT2D eigenvalue weighted by Crippen LogP contribution is -2.31. The van der Waals surface area contributed by atoms with Crippen LogP contribution in [-0.2, 0) is 16.6 Å². The van der Waals surface area contributed by atoms with E-state index >= 15 is 0 Å². The zero-order valence-corrected chi connectivity index (χ0v) is 13.9. The Hall–Kier alpha value is -0.430. The summed E-state index contributed by atoms with van der Waals surface area (Å²) < 4.78 is 27.0. The first-order valence-electron chi connectivity index (χ1n) is 7.32. The van der Waals surface area contributed by atoms with Gasteiger partial charge in [-0.3, -0.25) is 0 Å². The molecule has 20 heavy (non-hydrogen) atoms. The van der Waals surface area contributed by atoms with Gasteiger partial charge in [-0.25, -0.2) is 8.42 Å². The molecule has 4 nitrogen and oxygen atoms in total. The van der Waals surface area contributed by atoms with Gasteiger partial charge in [-0.05, 0) is 37.8 Å². The highest BCUT2D eigenvalue weighted by Crippen LogP contribution is 2.26. The van der Waals surface area contributed by atoms with Crippen molar-refractivity contribution < 1.29 is 8.42 Å². The van der Waals surface area contributed by atoms with E-state index in [1.54, 1.807) is 9.69 Å². The minimum atomic E-state index is -3.30. The summed E-state index contributed by atoms with van der Waals surface area (Å²) >= 11 is 1.52. The molecule has 0 aliphatic carbocycles. The number of hydrogen-bond donors (Lipinski definition) is 1. The first-order valence-corrected chi connectivity index (χ1v) is 9.64. The molecule has 2 rings (SSSR count). The molecule has 0 spiro atoms. The molecule has 1 atom stereocenters. The molecule has 1 saturated heterocycles. The van der Waals surface area contributed by atoms with Crippen LogP contribution >= 0.6 is 11.3 Å². The molecule has 1 aliphatic rings. The second-order valence-electron chi connectivity index (χ2n) is 5.47. The van der Waals surface area contributed by atoms with E-state index in [4.69, 9.17) is 0 Å². The number of rotatable bonds is 5. The van der Waals surface area contributed by atoms with E-state index < -0.39 is 10.0 Å². The van der Waals surface area contributed by atoms with Crippen LogP contribution < -0.4 is 5.32 Å². The average molecular weight is 316 g/mol. The molecule has 114 valence electrons. The molecule has 2 heterocycles. The number of sulfonamides is 1. The molecule has 0 aromatic carbocycles. The number of nitrogens with zero attached hydrogens (tertiary/aromatic N) is 1. The first-order chi connectivity index (χ1) is 9.54. The van der Waals surface area contributed by atoms with E-state index in [0.29, 0.717) is 23.9 Å². The van der Waals surface area contributed by atoms with Crippen LogP contribution in [0.4, 0.5) is 0 Å². The summed E-state index contributed by atoms with van der Waals surface area (Å²) in [5.41, 5.74) is 0. The topological polar surface area (TPSA) is 49.4 Å². The zero-order chi connectivity index (χ0) is 14.6. The number of thiophene rings is 1. The predicted octanol–water partition coefficient (Wildman–Crippen LogP) is 2.67. The van der Waals surface area contributed by atoms with Gasteiger partial charge in [0.2, 0.25) is 10.0 Å². The Morgan fingerprint density at radius 1 is 1.40 bits per heavy atom. The van der Waals surface area contributed by atoms with Crippen LogP contribution in [-0.4, -0.2) is 32.4 Å². The molecule has 1 aromatic heterocycles. The van der Waals surface area contributed by atoms with Crippen LogP contribution in [0, 0.1) is 5.92 Å². The molecule has 1 fully saturated rings. The molecule has 1 aliphatic heterocycles. The van der Waals surface area contributed by atoms with Crippen LogP contribution in [0.5, 0.6) is 0 Å². The molecule has 0 radical (unpaired) electrons. The molecule has 0 bridgehead atoms. The summed E-state index contributed by atoms with van der Waals surface area (Å²) in [7, 11) is -3.30. The van der Waals surface area contributed by atoms with Crippen molar-refractivity contribution in [2.45, 2.75) is 44.6 Å². The smallest absolute Gasteiger partial charge is 0.243 e. The standard InChI is InChI=1S/C14H24N2O2S2/c1-3-15-10-13-9-14(11-19-13)20(17,18)16-7-4-5-12(2)6-8-16/h9,11-12,15H,3-8,10H2,1-2H3. The summed E-state index contributed by atoms with van der Waals surface area (Å²) in [6.45, 7) is 7.20. The van der Waals surface area contributed by atoms with Gasteiger partial charge >= 0.3 is 0 Å². The first kappa shape index (κ1) is 15.9. The minimum Gasteiger partial charge on any atom is -0.312 e. The Bertz CT molecular complexity index is 525. The van der Waals surface area contributed by atoms with Crippen molar-refractivity contribution in [2.24, 2.45) is 5.92 Å². The normalized spacial score (nSPS) is 21.8. The van der Waals surface area contributed by atoms with Crippen molar-refractivity contribution in [2.75, 3.05) is 19.6 Å². The lowest BCUT2D eigenvalue weighted by Gasteiger charge is -2.19. The van der Waals surface area contributed by atoms with E-state index in [-0.39, 0.29) is 0 Å². The van der Waals surface area contributed by atoms with Crippen molar-refractivity contribution in [3.05, 3.63) is 16.3 Å². The Morgan fingerprint density at radius 3 is 2.95 bits per heavy atom. The molecule has 6 heteroatoms. The lowest BCUT2D eigenvalue weighted by atomic mass is 10.0. The third-order valence-electron chi connectivity index (χ3n) is 3.79. The Labute approximate surface area is 126 Å². The van der Waals surface area contributed by atoms with Crippen LogP contribution in [0.3, 0.4) is 0 Å². The van der Waals surface area contributed by atoms with Crippen molar-refractivity contribution in [3.63, 3.8) is 0 Å². The maximum Gasteiger partial charge on any atom is 0.243 e. The van der Waals surface area contributed by atoms with E-state index in [1.807, 2.05) is 13.0 Å². The molecular formula is C14H24N2O2S2. The average Bonchev–Trinajstić information content (AvgIpc) is 2.79. The summed E-state index contributed by atoms with van der Waals surface area (Å²) in [4.78, 5) is 1.54. The largest absolute Gasteiger partial charge is 0.312 e. The second kappa shape index (κ2) is 7.02. The maximum atomic E-state index is 12.6. The molecule has 0 saturated carbocycles. The number of hydrogen-bond acceptors (Lipinski definition) is 4. The molecule has 1 unspecified atom stereocenters. The van der Waals surface area contributed by atoms with E-state index in [2.05, 4.69) is 12.2 Å². The highest BCUT2D eigenvalue weighted by molar-refractivity contribution is 7.89. The highest BCUT2D eigenvalue weighted by Gasteiger charge is 2.27. The van der Waals surface area contributed by atoms with Crippen molar-refractivity contribution in [1.82, 2.24) is 9.62 Å². The summed E-state index contributed by atoms with van der Waals surface area (Å²) in [5, 5.41) is 5.00. The fourth-order valence-corrected chi connectivity index (χ4v) is 5.19. The fourth-order valence-electron chi connectivity index (χ4n) is 2.46. The fraction of sp³-hybridized carbons (Fsp3) is 0.714. The molecule has 0 amide bonds. The van der Waals surface area contributed by atoms with Gasteiger partial charge in [-0.15, -0.1) is 11.3 Å². The molecular weight excluding hydrogens is 292 g/mol. The third kappa shape index (κ3) is 3.81. The predicted molar refractivity (Wildman–Crippen MR) is 83.5 cm³/mol. The van der Waals surface area contributed by atoms with Gasteiger partial charge in [0.15, 0.2) is 0 Å². The molecule has 1 aromatic rings. The SMILES string of the molecule is CCNCc1cc(S(=O)(=O)N2CCCC(C)CC2)cs1. The van der Waals surface area contributed by atoms with Gasteiger partial charge in [-0.2, -0.15) is 4.31 Å². The highest BCUT2D eigenvalue weighted by atomic mass is 32.2. The second-order valence-corrected chi connectivity index (χ2v) is 8.40. The van der Waals surface area contributed by atoms with E-state index in [0.717, 1.165) is 37.2 Å². The van der Waals surface area contributed by atoms with Crippen LogP contribution in [0.15, 0.2) is 16.3 Å². The monoisotopic (exact) mass is 316 g/mol. The number of nitrogens with one attached hydrogen (secondary N) is 1. The molecule has 1 N–H and O–H groups in total. The third-order valence-corrected chi connectivity index (χ3v) is 6.75. The van der Waals surface area contributed by atoms with Gasteiger partial charge in [-0.1, -0.05) is 13.8 Å². The van der Waals surface area contributed by atoms with Gasteiger partial charge in [0.25, 0.3) is 0 Å². The van der Waals surface area contributed by atoms with E-state index in [9.17, 15) is 8.42 Å². The minimum absolute atomic E-state index is 0.463. The van der Waals surface area contributed by atoms with Gasteiger partial charge in [0, 0.05) is 29.9 Å².